The monoisotopic (exact) mass is 552 g/mol. The van der Waals surface area contributed by atoms with Crippen molar-refractivity contribution in [2.75, 3.05) is 12.9 Å². The minimum absolute atomic E-state index is 0.0188. The fourth-order valence-corrected chi connectivity index (χ4v) is 5.03. The van der Waals surface area contributed by atoms with E-state index < -0.39 is 6.04 Å². The summed E-state index contributed by atoms with van der Waals surface area (Å²) in [6, 6.07) is 24.6. The molecule has 3 aromatic rings. The van der Waals surface area contributed by atoms with Crippen molar-refractivity contribution < 1.29 is 14.3 Å². The number of hydrogen-bond donors (Lipinski definition) is 1. The highest BCUT2D eigenvalue weighted by Gasteiger charge is 2.30. The van der Waals surface area contributed by atoms with Gasteiger partial charge < -0.3 is 15.0 Å². The van der Waals surface area contributed by atoms with E-state index in [0.29, 0.717) is 30.8 Å². The summed E-state index contributed by atoms with van der Waals surface area (Å²) in [7, 11) is 1.62. The molecule has 0 radical (unpaired) electrons. The van der Waals surface area contributed by atoms with Crippen molar-refractivity contribution in [2.24, 2.45) is 0 Å². The van der Waals surface area contributed by atoms with Crippen LogP contribution in [0.4, 0.5) is 0 Å². The van der Waals surface area contributed by atoms with Crippen molar-refractivity contribution in [1.29, 1.82) is 0 Å². The van der Waals surface area contributed by atoms with Crippen LogP contribution in [0.2, 0.25) is 5.02 Å². The van der Waals surface area contributed by atoms with Crippen molar-refractivity contribution in [3.8, 4) is 5.75 Å². The standard InChI is InChI=1S/C31H37ClN2O3S/c1-4-23(2)33-31(36)29(21-24-10-6-5-7-11-24)34(22-25-12-8-13-27(20-25)37-3)30(35)14-9-19-38-28-17-15-26(32)16-18-28/h5-8,10-13,15-18,20,23,29H,4,9,14,19,21-22H2,1-3H3,(H,33,36)/t23-,29+/m0/s1. The molecule has 0 unspecified atom stereocenters. The quantitative estimate of drug-likeness (QED) is 0.177. The average molecular weight is 553 g/mol. The molecule has 0 saturated heterocycles. The Bertz CT molecular complexity index is 1160. The number of carbonyl (C=O) groups is 2. The maximum absolute atomic E-state index is 13.7. The lowest BCUT2D eigenvalue weighted by Crippen LogP contribution is -2.52. The molecule has 0 saturated carbocycles. The molecule has 0 bridgehead atoms. The normalized spacial score (nSPS) is 12.4. The molecule has 3 rings (SSSR count). The molecule has 0 spiro atoms. The van der Waals surface area contributed by atoms with Gasteiger partial charge in [0.15, 0.2) is 0 Å². The number of nitrogens with one attached hydrogen (secondary N) is 1. The fraction of sp³-hybridized carbons (Fsp3) is 0.355. The number of thioether (sulfide) groups is 1. The number of amides is 2. The first-order valence-corrected chi connectivity index (χ1v) is 14.4. The first-order chi connectivity index (χ1) is 18.4. The van der Waals surface area contributed by atoms with Crippen LogP contribution in [0.15, 0.2) is 83.8 Å². The summed E-state index contributed by atoms with van der Waals surface area (Å²) < 4.78 is 5.40. The third-order valence-corrected chi connectivity index (χ3v) is 7.73. The molecule has 5 nitrogen and oxygen atoms in total. The van der Waals surface area contributed by atoms with Gasteiger partial charge in [0.05, 0.1) is 7.11 Å². The van der Waals surface area contributed by atoms with E-state index in [1.807, 2.05) is 92.7 Å². The zero-order valence-corrected chi connectivity index (χ0v) is 23.9. The second kappa shape index (κ2) is 15.5. The maximum atomic E-state index is 13.7. The van der Waals surface area contributed by atoms with E-state index in [9.17, 15) is 9.59 Å². The molecule has 0 fully saturated rings. The van der Waals surface area contributed by atoms with Crippen molar-refractivity contribution in [1.82, 2.24) is 10.2 Å². The zero-order chi connectivity index (χ0) is 27.3. The van der Waals surface area contributed by atoms with Crippen LogP contribution in [0, 0.1) is 0 Å². The molecule has 2 atom stereocenters. The molecule has 0 aromatic heterocycles. The molecule has 202 valence electrons. The van der Waals surface area contributed by atoms with E-state index in [0.717, 1.165) is 33.9 Å². The number of carbonyl (C=O) groups excluding carboxylic acids is 2. The number of nitrogens with zero attached hydrogens (tertiary/aromatic N) is 1. The number of hydrogen-bond acceptors (Lipinski definition) is 4. The van der Waals surface area contributed by atoms with Gasteiger partial charge in [-0.2, -0.15) is 0 Å². The van der Waals surface area contributed by atoms with Crippen LogP contribution in [0.25, 0.3) is 0 Å². The molecule has 7 heteroatoms. The van der Waals surface area contributed by atoms with Crippen LogP contribution in [-0.2, 0) is 22.6 Å². The van der Waals surface area contributed by atoms with Gasteiger partial charge in [-0.25, -0.2) is 0 Å². The van der Waals surface area contributed by atoms with Gasteiger partial charge in [-0.05, 0) is 73.0 Å². The van der Waals surface area contributed by atoms with E-state index in [-0.39, 0.29) is 17.9 Å². The Morgan fingerprint density at radius 1 is 1.00 bits per heavy atom. The van der Waals surface area contributed by atoms with Crippen molar-refractivity contribution in [3.63, 3.8) is 0 Å². The predicted molar refractivity (Wildman–Crippen MR) is 157 cm³/mol. The molecule has 0 aliphatic rings. The summed E-state index contributed by atoms with van der Waals surface area (Å²) in [6.07, 6.45) is 2.31. The summed E-state index contributed by atoms with van der Waals surface area (Å²) in [5, 5.41) is 3.82. The topological polar surface area (TPSA) is 58.6 Å². The molecule has 3 aromatic carbocycles. The molecule has 2 amide bonds. The summed E-state index contributed by atoms with van der Waals surface area (Å²) >= 11 is 7.68. The lowest BCUT2D eigenvalue weighted by Gasteiger charge is -2.32. The van der Waals surface area contributed by atoms with Crippen LogP contribution < -0.4 is 10.1 Å². The molecule has 1 N–H and O–H groups in total. The number of rotatable bonds is 14. The van der Waals surface area contributed by atoms with Crippen LogP contribution >= 0.6 is 23.4 Å². The Morgan fingerprint density at radius 2 is 1.71 bits per heavy atom. The van der Waals surface area contributed by atoms with E-state index >= 15 is 0 Å². The minimum Gasteiger partial charge on any atom is -0.497 e. The van der Waals surface area contributed by atoms with Gasteiger partial charge in [-0.15, -0.1) is 11.8 Å². The van der Waals surface area contributed by atoms with Gasteiger partial charge in [0.25, 0.3) is 0 Å². The Labute approximate surface area is 235 Å². The van der Waals surface area contributed by atoms with Gasteiger partial charge >= 0.3 is 0 Å². The molecular weight excluding hydrogens is 516 g/mol. The summed E-state index contributed by atoms with van der Waals surface area (Å²) in [5.74, 6) is 1.35. The summed E-state index contributed by atoms with van der Waals surface area (Å²) in [4.78, 5) is 30.2. The molecule has 0 aliphatic heterocycles. The largest absolute Gasteiger partial charge is 0.497 e. The van der Waals surface area contributed by atoms with Crippen molar-refractivity contribution in [3.05, 3.63) is 95.0 Å². The molecule has 0 aliphatic carbocycles. The van der Waals surface area contributed by atoms with Crippen LogP contribution in [0.1, 0.15) is 44.2 Å². The number of halogens is 1. The molecule has 38 heavy (non-hydrogen) atoms. The average Bonchev–Trinajstić information content (AvgIpc) is 2.94. The number of ether oxygens (including phenoxy) is 1. The van der Waals surface area contributed by atoms with Crippen molar-refractivity contribution in [2.45, 2.75) is 63.1 Å². The minimum atomic E-state index is -0.631. The highest BCUT2D eigenvalue weighted by Crippen LogP contribution is 2.23. The van der Waals surface area contributed by atoms with Gasteiger partial charge in [-0.3, -0.25) is 9.59 Å². The SMILES string of the molecule is CC[C@H](C)NC(=O)[C@@H](Cc1ccccc1)N(Cc1cccc(OC)c1)C(=O)CCCSc1ccc(Cl)cc1. The zero-order valence-electron chi connectivity index (χ0n) is 22.4. The van der Waals surface area contributed by atoms with Crippen LogP contribution in [-0.4, -0.2) is 41.7 Å². The fourth-order valence-electron chi connectivity index (χ4n) is 4.05. The third-order valence-electron chi connectivity index (χ3n) is 6.38. The van der Waals surface area contributed by atoms with Gasteiger partial charge in [-0.1, -0.05) is 61.0 Å². The molecule has 0 heterocycles. The first kappa shape index (κ1) is 29.6. The van der Waals surface area contributed by atoms with Crippen LogP contribution in [0.3, 0.4) is 0 Å². The Kier molecular flexibility index (Phi) is 12.0. The highest BCUT2D eigenvalue weighted by atomic mass is 35.5. The maximum Gasteiger partial charge on any atom is 0.243 e. The van der Waals surface area contributed by atoms with E-state index in [2.05, 4.69) is 5.32 Å². The Hall–Kier alpha value is -2.96. The Morgan fingerprint density at radius 3 is 2.39 bits per heavy atom. The Balaban J connectivity index is 1.81. The lowest BCUT2D eigenvalue weighted by molar-refractivity contribution is -0.141. The van der Waals surface area contributed by atoms with Crippen molar-refractivity contribution >= 4 is 35.2 Å². The third kappa shape index (κ3) is 9.41. The van der Waals surface area contributed by atoms with E-state index in [4.69, 9.17) is 16.3 Å². The van der Waals surface area contributed by atoms with Gasteiger partial charge in [0.2, 0.25) is 11.8 Å². The molecular formula is C31H37ClN2O3S. The lowest BCUT2D eigenvalue weighted by atomic mass is 10.0. The van der Waals surface area contributed by atoms with Gasteiger partial charge in [0, 0.05) is 35.3 Å². The van der Waals surface area contributed by atoms with E-state index in [1.54, 1.807) is 23.8 Å². The van der Waals surface area contributed by atoms with Crippen LogP contribution in [0.5, 0.6) is 5.75 Å². The highest BCUT2D eigenvalue weighted by molar-refractivity contribution is 7.99. The van der Waals surface area contributed by atoms with E-state index in [1.165, 1.54) is 0 Å². The number of methoxy groups -OCH3 is 1. The van der Waals surface area contributed by atoms with Gasteiger partial charge in [0.1, 0.15) is 11.8 Å². The summed E-state index contributed by atoms with van der Waals surface area (Å²) in [6.45, 7) is 4.35. The first-order valence-electron chi connectivity index (χ1n) is 13.0. The predicted octanol–water partition coefficient (Wildman–Crippen LogP) is 6.78. The second-order valence-corrected chi connectivity index (χ2v) is 10.9. The summed E-state index contributed by atoms with van der Waals surface area (Å²) in [5.41, 5.74) is 1.93. The number of benzene rings is 3. The smallest absolute Gasteiger partial charge is 0.243 e. The second-order valence-electron chi connectivity index (χ2n) is 9.30.